The van der Waals surface area contributed by atoms with Gasteiger partial charge >= 0.3 is 0 Å². The van der Waals surface area contributed by atoms with Gasteiger partial charge in [-0.3, -0.25) is 4.79 Å². The Kier molecular flexibility index (Phi) is 3.88. The van der Waals surface area contributed by atoms with Crippen LogP contribution in [0.4, 0.5) is 0 Å². The van der Waals surface area contributed by atoms with Gasteiger partial charge in [0, 0.05) is 18.5 Å². The van der Waals surface area contributed by atoms with Gasteiger partial charge in [0.1, 0.15) is 0 Å². The van der Waals surface area contributed by atoms with Crippen molar-refractivity contribution in [1.82, 2.24) is 10.6 Å². The molecule has 0 aromatic rings. The lowest BCUT2D eigenvalue weighted by Crippen LogP contribution is -2.46. The largest absolute Gasteiger partial charge is 0.352 e. The Morgan fingerprint density at radius 2 is 1.89 bits per heavy atom. The summed E-state index contributed by atoms with van der Waals surface area (Å²) in [6.07, 6.45) is 10.5. The number of carbonyl (C=O) groups is 1. The van der Waals surface area contributed by atoms with Crippen LogP contribution in [-0.4, -0.2) is 25.0 Å². The zero-order valence-corrected chi connectivity index (χ0v) is 11.3. The van der Waals surface area contributed by atoms with Crippen LogP contribution in [0.1, 0.15) is 51.4 Å². The van der Waals surface area contributed by atoms with Gasteiger partial charge in [0.05, 0.1) is 0 Å². The fourth-order valence-electron chi connectivity index (χ4n) is 3.88. The van der Waals surface area contributed by atoms with E-state index in [1.807, 2.05) is 0 Å². The number of rotatable bonds is 3. The van der Waals surface area contributed by atoms with Crippen molar-refractivity contribution in [3.05, 3.63) is 0 Å². The van der Waals surface area contributed by atoms with E-state index in [4.69, 9.17) is 0 Å². The van der Waals surface area contributed by atoms with Crippen molar-refractivity contribution in [2.24, 2.45) is 17.8 Å². The van der Waals surface area contributed by atoms with Crippen LogP contribution in [0, 0.1) is 17.8 Å². The average molecular weight is 250 g/mol. The van der Waals surface area contributed by atoms with Crippen LogP contribution in [-0.2, 0) is 4.79 Å². The monoisotopic (exact) mass is 250 g/mol. The molecule has 3 rings (SSSR count). The summed E-state index contributed by atoms with van der Waals surface area (Å²) in [7, 11) is 0. The van der Waals surface area contributed by atoms with Crippen LogP contribution in [0.15, 0.2) is 0 Å². The van der Waals surface area contributed by atoms with Gasteiger partial charge in [-0.2, -0.15) is 0 Å². The summed E-state index contributed by atoms with van der Waals surface area (Å²) in [4.78, 5) is 12.2. The quantitative estimate of drug-likeness (QED) is 0.805. The van der Waals surface area contributed by atoms with Gasteiger partial charge in [0.2, 0.25) is 5.91 Å². The summed E-state index contributed by atoms with van der Waals surface area (Å²) in [6.45, 7) is 2.08. The minimum atomic E-state index is 0.347. The lowest BCUT2D eigenvalue weighted by molar-refractivity contribution is -0.123. The van der Waals surface area contributed by atoms with Crippen LogP contribution < -0.4 is 10.6 Å². The average Bonchev–Trinajstić information content (AvgIpc) is 3.21. The summed E-state index contributed by atoms with van der Waals surface area (Å²) in [5, 5.41) is 6.61. The van der Waals surface area contributed by atoms with Gasteiger partial charge in [0.15, 0.2) is 0 Å². The lowest BCUT2D eigenvalue weighted by atomic mass is 9.85. The van der Waals surface area contributed by atoms with Crippen LogP contribution in [0.25, 0.3) is 0 Å². The molecule has 1 saturated heterocycles. The Balaban J connectivity index is 1.43. The number of carbonyl (C=O) groups excluding carboxylic acids is 1. The SMILES string of the molecule is O=C(N[C@H]1CCCNC1)C1CC1C1CCCCC1. The Hall–Kier alpha value is -0.570. The molecule has 2 unspecified atom stereocenters. The molecule has 2 aliphatic carbocycles. The van der Waals surface area contributed by atoms with E-state index in [1.165, 1.54) is 38.5 Å². The maximum Gasteiger partial charge on any atom is 0.223 e. The first kappa shape index (κ1) is 12.5. The maximum atomic E-state index is 12.2. The standard InChI is InChI=1S/C15H26N2O/c18-15(17-12-7-4-8-16-10-12)14-9-13(14)11-5-2-1-3-6-11/h11-14,16H,1-10H2,(H,17,18)/t12-,13?,14?/m0/s1. The summed E-state index contributed by atoms with van der Waals surface area (Å²) >= 11 is 0. The number of piperidine rings is 1. The molecule has 0 spiro atoms. The van der Waals surface area contributed by atoms with E-state index in [-0.39, 0.29) is 0 Å². The smallest absolute Gasteiger partial charge is 0.223 e. The molecule has 102 valence electrons. The van der Waals surface area contributed by atoms with Crippen LogP contribution in [0.2, 0.25) is 0 Å². The predicted molar refractivity (Wildman–Crippen MR) is 72.2 cm³/mol. The van der Waals surface area contributed by atoms with Crippen LogP contribution in [0.5, 0.6) is 0 Å². The van der Waals surface area contributed by atoms with Gasteiger partial charge in [-0.05, 0) is 37.6 Å². The second kappa shape index (κ2) is 5.60. The van der Waals surface area contributed by atoms with E-state index >= 15 is 0 Å². The molecular weight excluding hydrogens is 224 g/mol. The Morgan fingerprint density at radius 3 is 2.61 bits per heavy atom. The third-order valence-electron chi connectivity index (χ3n) is 5.08. The van der Waals surface area contributed by atoms with Crippen molar-refractivity contribution >= 4 is 5.91 Å². The molecule has 1 amide bonds. The molecule has 0 aromatic heterocycles. The maximum absolute atomic E-state index is 12.2. The number of hydrogen-bond donors (Lipinski definition) is 2. The Labute approximate surface area is 110 Å². The molecule has 0 radical (unpaired) electrons. The third-order valence-corrected chi connectivity index (χ3v) is 5.08. The molecule has 3 fully saturated rings. The molecule has 3 heteroatoms. The van der Waals surface area contributed by atoms with E-state index in [1.54, 1.807) is 0 Å². The van der Waals surface area contributed by atoms with Gasteiger partial charge < -0.3 is 10.6 Å². The Morgan fingerprint density at radius 1 is 1.06 bits per heavy atom. The van der Waals surface area contributed by atoms with Crippen LogP contribution >= 0.6 is 0 Å². The van der Waals surface area contributed by atoms with Crippen molar-refractivity contribution in [3.8, 4) is 0 Å². The van der Waals surface area contributed by atoms with Crippen molar-refractivity contribution in [1.29, 1.82) is 0 Å². The number of nitrogens with one attached hydrogen (secondary N) is 2. The molecule has 3 atom stereocenters. The molecule has 1 heterocycles. The van der Waals surface area contributed by atoms with Gasteiger partial charge in [0.25, 0.3) is 0 Å². The van der Waals surface area contributed by atoms with Crippen molar-refractivity contribution in [3.63, 3.8) is 0 Å². The van der Waals surface area contributed by atoms with E-state index < -0.39 is 0 Å². The minimum Gasteiger partial charge on any atom is -0.352 e. The molecule has 3 nitrogen and oxygen atoms in total. The summed E-state index contributed by atoms with van der Waals surface area (Å²) in [6, 6.07) is 0.388. The highest BCUT2D eigenvalue weighted by atomic mass is 16.2. The fraction of sp³-hybridized carbons (Fsp3) is 0.933. The van der Waals surface area contributed by atoms with E-state index in [2.05, 4.69) is 10.6 Å². The zero-order valence-electron chi connectivity index (χ0n) is 11.3. The van der Waals surface area contributed by atoms with Crippen molar-refractivity contribution < 1.29 is 4.79 Å². The minimum absolute atomic E-state index is 0.347. The number of hydrogen-bond acceptors (Lipinski definition) is 2. The zero-order chi connectivity index (χ0) is 12.4. The highest BCUT2D eigenvalue weighted by Gasteiger charge is 2.47. The molecule has 2 N–H and O–H groups in total. The van der Waals surface area contributed by atoms with E-state index in [9.17, 15) is 4.79 Å². The van der Waals surface area contributed by atoms with Crippen LogP contribution in [0.3, 0.4) is 0 Å². The summed E-state index contributed by atoms with van der Waals surface area (Å²) in [5.74, 6) is 2.29. The highest BCUT2D eigenvalue weighted by Crippen LogP contribution is 2.49. The highest BCUT2D eigenvalue weighted by molar-refractivity contribution is 5.81. The van der Waals surface area contributed by atoms with Gasteiger partial charge in [-0.25, -0.2) is 0 Å². The van der Waals surface area contributed by atoms with Crippen molar-refractivity contribution in [2.75, 3.05) is 13.1 Å². The summed E-state index contributed by atoms with van der Waals surface area (Å²) in [5.41, 5.74) is 0. The first-order valence-corrected chi connectivity index (χ1v) is 7.85. The third kappa shape index (κ3) is 2.87. The summed E-state index contributed by atoms with van der Waals surface area (Å²) < 4.78 is 0. The molecule has 0 bridgehead atoms. The first-order valence-electron chi connectivity index (χ1n) is 7.85. The van der Waals surface area contributed by atoms with E-state index in [0.717, 1.165) is 37.8 Å². The lowest BCUT2D eigenvalue weighted by Gasteiger charge is -2.25. The topological polar surface area (TPSA) is 41.1 Å². The molecular formula is C15H26N2O. The molecule has 2 saturated carbocycles. The van der Waals surface area contributed by atoms with Gasteiger partial charge in [-0.1, -0.05) is 32.1 Å². The van der Waals surface area contributed by atoms with Gasteiger partial charge in [-0.15, -0.1) is 0 Å². The molecule has 18 heavy (non-hydrogen) atoms. The van der Waals surface area contributed by atoms with E-state index in [0.29, 0.717) is 17.9 Å². The Bertz CT molecular complexity index is 293. The molecule has 0 aromatic carbocycles. The predicted octanol–water partition coefficient (Wildman–Crippen LogP) is 2.07. The second-order valence-electron chi connectivity index (χ2n) is 6.46. The molecule has 1 aliphatic heterocycles. The fourth-order valence-corrected chi connectivity index (χ4v) is 3.88. The molecule has 3 aliphatic rings. The first-order chi connectivity index (χ1) is 8.84. The normalized spacial score (nSPS) is 37.2. The second-order valence-corrected chi connectivity index (χ2v) is 6.46. The number of amides is 1. The van der Waals surface area contributed by atoms with Crippen molar-refractivity contribution in [2.45, 2.75) is 57.4 Å².